The molecule has 2 fully saturated rings. The van der Waals surface area contributed by atoms with Gasteiger partial charge < -0.3 is 9.47 Å². The molecule has 1 aromatic carbocycles. The summed E-state index contributed by atoms with van der Waals surface area (Å²) in [6.07, 6.45) is 0.986. The highest BCUT2D eigenvalue weighted by Crippen LogP contribution is 2.60. The molecule has 3 rings (SSSR count). The first-order valence-corrected chi connectivity index (χ1v) is 5.90. The molecule has 17 heavy (non-hydrogen) atoms. The van der Waals surface area contributed by atoms with Crippen LogP contribution in [0.5, 0.6) is 5.75 Å². The molecule has 0 aromatic heterocycles. The van der Waals surface area contributed by atoms with Crippen LogP contribution in [0.4, 0.5) is 0 Å². The first-order chi connectivity index (χ1) is 8.29. The number of methoxy groups -OCH3 is 1. The molecule has 2 aliphatic rings. The summed E-state index contributed by atoms with van der Waals surface area (Å²) in [7, 11) is 1.66. The van der Waals surface area contributed by atoms with Gasteiger partial charge in [-0.15, -0.1) is 0 Å². The Labute approximate surface area is 101 Å². The zero-order valence-electron chi connectivity index (χ0n) is 9.85. The average molecular weight is 229 g/mol. The molecule has 1 heterocycles. The fraction of sp³-hybridized carbons (Fsp3) is 0.500. The number of hydrogen-bond acceptors (Lipinski definition) is 3. The Bertz CT molecular complexity index is 456. The number of nitriles is 1. The third-order valence-corrected chi connectivity index (χ3v) is 4.11. The quantitative estimate of drug-likeness (QED) is 0.781. The zero-order chi connectivity index (χ0) is 11.9. The van der Waals surface area contributed by atoms with Crippen molar-refractivity contribution in [1.29, 1.82) is 5.26 Å². The minimum absolute atomic E-state index is 0.146. The molecular weight excluding hydrogens is 214 g/mol. The maximum Gasteiger partial charge on any atom is 0.118 e. The molecule has 3 heteroatoms. The molecular formula is C14H15NO2. The predicted octanol–water partition coefficient (Wildman–Crippen LogP) is 2.34. The van der Waals surface area contributed by atoms with Crippen LogP contribution in [0.2, 0.25) is 0 Å². The van der Waals surface area contributed by atoms with Crippen molar-refractivity contribution in [3.05, 3.63) is 29.8 Å². The Morgan fingerprint density at radius 2 is 2.06 bits per heavy atom. The monoisotopic (exact) mass is 229 g/mol. The van der Waals surface area contributed by atoms with E-state index in [4.69, 9.17) is 14.7 Å². The van der Waals surface area contributed by atoms with Crippen molar-refractivity contribution in [2.24, 2.45) is 11.3 Å². The minimum Gasteiger partial charge on any atom is -0.497 e. The van der Waals surface area contributed by atoms with E-state index in [1.54, 1.807) is 7.11 Å². The number of ether oxygens (including phenoxy) is 2. The largest absolute Gasteiger partial charge is 0.497 e. The van der Waals surface area contributed by atoms with Crippen LogP contribution in [0, 0.1) is 22.7 Å². The molecule has 88 valence electrons. The molecule has 3 nitrogen and oxygen atoms in total. The second-order valence-electron chi connectivity index (χ2n) is 5.05. The molecule has 0 N–H and O–H groups in total. The Kier molecular flexibility index (Phi) is 2.34. The van der Waals surface area contributed by atoms with Gasteiger partial charge in [0.1, 0.15) is 5.75 Å². The van der Waals surface area contributed by atoms with Crippen LogP contribution < -0.4 is 4.74 Å². The van der Waals surface area contributed by atoms with Crippen molar-refractivity contribution in [2.45, 2.75) is 12.3 Å². The molecule has 0 radical (unpaired) electrons. The van der Waals surface area contributed by atoms with E-state index >= 15 is 0 Å². The SMILES string of the molecule is COc1ccc(C2C(C#N)CC23COC3)cc1. The molecule has 1 aliphatic carbocycles. The zero-order valence-corrected chi connectivity index (χ0v) is 9.85. The molecule has 1 aliphatic heterocycles. The average Bonchev–Trinajstić information content (AvgIpc) is 2.27. The van der Waals surface area contributed by atoms with Crippen molar-refractivity contribution in [1.82, 2.24) is 0 Å². The van der Waals surface area contributed by atoms with E-state index in [1.165, 1.54) is 5.56 Å². The minimum atomic E-state index is 0.146. The van der Waals surface area contributed by atoms with Gasteiger partial charge in [-0.1, -0.05) is 12.1 Å². The van der Waals surface area contributed by atoms with E-state index in [1.807, 2.05) is 12.1 Å². The topological polar surface area (TPSA) is 42.2 Å². The third-order valence-electron chi connectivity index (χ3n) is 4.11. The van der Waals surface area contributed by atoms with Gasteiger partial charge >= 0.3 is 0 Å². The number of rotatable bonds is 2. The first kappa shape index (κ1) is 10.6. The van der Waals surface area contributed by atoms with Crippen LogP contribution in [0.25, 0.3) is 0 Å². The summed E-state index contributed by atoms with van der Waals surface area (Å²) in [6, 6.07) is 10.5. The molecule has 1 aromatic rings. The predicted molar refractivity (Wildman–Crippen MR) is 62.7 cm³/mol. The number of benzene rings is 1. The normalized spacial score (nSPS) is 28.9. The lowest BCUT2D eigenvalue weighted by Crippen LogP contribution is -2.57. The van der Waals surface area contributed by atoms with Gasteiger partial charge in [0.25, 0.3) is 0 Å². The van der Waals surface area contributed by atoms with E-state index < -0.39 is 0 Å². The molecule has 1 saturated heterocycles. The van der Waals surface area contributed by atoms with Gasteiger partial charge in [0.15, 0.2) is 0 Å². The highest BCUT2D eigenvalue weighted by atomic mass is 16.5. The van der Waals surface area contributed by atoms with Crippen LogP contribution in [-0.4, -0.2) is 20.3 Å². The van der Waals surface area contributed by atoms with Gasteiger partial charge in [0.2, 0.25) is 0 Å². The molecule has 2 atom stereocenters. The summed E-state index contributed by atoms with van der Waals surface area (Å²) in [5.41, 5.74) is 1.49. The van der Waals surface area contributed by atoms with Crippen LogP contribution >= 0.6 is 0 Å². The van der Waals surface area contributed by atoms with Gasteiger partial charge in [-0.3, -0.25) is 0 Å². The van der Waals surface area contributed by atoms with Gasteiger partial charge in [-0.2, -0.15) is 5.26 Å². The van der Waals surface area contributed by atoms with E-state index in [0.29, 0.717) is 5.92 Å². The molecule has 1 saturated carbocycles. The van der Waals surface area contributed by atoms with E-state index in [9.17, 15) is 0 Å². The maximum absolute atomic E-state index is 9.15. The van der Waals surface area contributed by atoms with Crippen LogP contribution in [0.15, 0.2) is 24.3 Å². The lowest BCUT2D eigenvalue weighted by Gasteiger charge is -2.58. The molecule has 0 amide bonds. The van der Waals surface area contributed by atoms with Crippen molar-refractivity contribution >= 4 is 0 Å². The number of hydrogen-bond donors (Lipinski definition) is 0. The smallest absolute Gasteiger partial charge is 0.118 e. The molecule has 1 spiro atoms. The summed E-state index contributed by atoms with van der Waals surface area (Å²) in [6.45, 7) is 1.61. The summed E-state index contributed by atoms with van der Waals surface area (Å²) >= 11 is 0. The van der Waals surface area contributed by atoms with E-state index in [2.05, 4.69) is 18.2 Å². The summed E-state index contributed by atoms with van der Waals surface area (Å²) < 4.78 is 10.5. The van der Waals surface area contributed by atoms with Crippen LogP contribution in [0.1, 0.15) is 17.9 Å². The Balaban J connectivity index is 1.88. The summed E-state index contributed by atoms with van der Waals surface area (Å²) in [5, 5.41) is 9.15. The van der Waals surface area contributed by atoms with Crippen LogP contribution in [0.3, 0.4) is 0 Å². The van der Waals surface area contributed by atoms with Crippen LogP contribution in [-0.2, 0) is 4.74 Å². The van der Waals surface area contributed by atoms with Crippen molar-refractivity contribution < 1.29 is 9.47 Å². The highest BCUT2D eigenvalue weighted by Gasteiger charge is 2.58. The van der Waals surface area contributed by atoms with Crippen molar-refractivity contribution in [3.63, 3.8) is 0 Å². The van der Waals surface area contributed by atoms with E-state index in [0.717, 1.165) is 25.4 Å². The second kappa shape index (κ2) is 3.75. The fourth-order valence-electron chi connectivity index (χ4n) is 3.13. The standard InChI is InChI=1S/C14H15NO2/c1-16-12-4-2-10(3-5-12)13-11(7-15)6-14(13)8-17-9-14/h2-5,11,13H,6,8-9H2,1H3. The van der Waals surface area contributed by atoms with Crippen molar-refractivity contribution in [3.8, 4) is 11.8 Å². The Morgan fingerprint density at radius 3 is 2.53 bits per heavy atom. The molecule has 0 bridgehead atoms. The maximum atomic E-state index is 9.15. The molecule has 2 unspecified atom stereocenters. The van der Waals surface area contributed by atoms with Gasteiger partial charge in [0, 0.05) is 11.3 Å². The summed E-state index contributed by atoms with van der Waals surface area (Å²) in [4.78, 5) is 0. The number of nitrogens with zero attached hydrogens (tertiary/aromatic N) is 1. The lowest BCUT2D eigenvalue weighted by atomic mass is 9.51. The highest BCUT2D eigenvalue weighted by molar-refractivity contribution is 5.35. The van der Waals surface area contributed by atoms with Gasteiger partial charge in [-0.05, 0) is 24.1 Å². The summed E-state index contributed by atoms with van der Waals surface area (Å²) in [5.74, 6) is 1.35. The third kappa shape index (κ3) is 1.44. The lowest BCUT2D eigenvalue weighted by molar-refractivity contribution is -0.186. The van der Waals surface area contributed by atoms with E-state index in [-0.39, 0.29) is 11.3 Å². The second-order valence-corrected chi connectivity index (χ2v) is 5.05. The Morgan fingerprint density at radius 1 is 1.35 bits per heavy atom. The fourth-order valence-corrected chi connectivity index (χ4v) is 3.13. The Hall–Kier alpha value is -1.53. The van der Waals surface area contributed by atoms with Gasteiger partial charge in [0.05, 0.1) is 32.3 Å². The first-order valence-electron chi connectivity index (χ1n) is 5.90. The van der Waals surface area contributed by atoms with Gasteiger partial charge in [-0.25, -0.2) is 0 Å². The van der Waals surface area contributed by atoms with Crippen molar-refractivity contribution in [2.75, 3.05) is 20.3 Å².